The van der Waals surface area contributed by atoms with Gasteiger partial charge in [0.05, 0.1) is 4.70 Å². The van der Waals surface area contributed by atoms with E-state index >= 15 is 0 Å². The van der Waals surface area contributed by atoms with Crippen molar-refractivity contribution in [3.63, 3.8) is 0 Å². The number of fused-ring (bicyclic) bond motifs is 1. The van der Waals surface area contributed by atoms with E-state index in [2.05, 4.69) is 10.2 Å². The van der Waals surface area contributed by atoms with E-state index in [0.717, 1.165) is 10.1 Å². The van der Waals surface area contributed by atoms with E-state index in [9.17, 15) is 0 Å². The predicted molar refractivity (Wildman–Crippen MR) is 46.8 cm³/mol. The summed E-state index contributed by atoms with van der Waals surface area (Å²) in [4.78, 5) is 0. The monoisotopic (exact) mass is 185 g/mol. The lowest BCUT2D eigenvalue weighted by atomic mass is 10.4. The Morgan fingerprint density at radius 1 is 1.45 bits per heavy atom. The molecule has 0 bridgehead atoms. The molecule has 0 fully saturated rings. The number of nitrogen functional groups attached to an aromatic ring is 1. The first-order valence-corrected chi connectivity index (χ1v) is 4.19. The van der Waals surface area contributed by atoms with E-state index in [1.165, 1.54) is 11.3 Å². The summed E-state index contributed by atoms with van der Waals surface area (Å²) in [5.74, 6) is 0.444. The largest absolute Gasteiger partial charge is 0.381 e. The first-order valence-electron chi connectivity index (χ1n) is 2.94. The maximum absolute atomic E-state index is 5.75. The standard InChI is InChI=1S/C6H4ClN3S/c7-5-3-1-2-11-4(3)6(8)10-9-5/h1-2H,(H2,8,10). The van der Waals surface area contributed by atoms with Gasteiger partial charge in [0.15, 0.2) is 11.0 Å². The van der Waals surface area contributed by atoms with E-state index in [4.69, 9.17) is 17.3 Å². The molecule has 2 rings (SSSR count). The van der Waals surface area contributed by atoms with E-state index in [-0.39, 0.29) is 0 Å². The number of halogens is 1. The second-order valence-corrected chi connectivity index (χ2v) is 3.31. The van der Waals surface area contributed by atoms with Crippen molar-refractivity contribution >= 4 is 38.8 Å². The van der Waals surface area contributed by atoms with Gasteiger partial charge in [-0.2, -0.15) is 0 Å². The Labute approximate surface area is 71.8 Å². The van der Waals surface area contributed by atoms with Crippen LogP contribution in [0.5, 0.6) is 0 Å². The molecule has 3 nitrogen and oxygen atoms in total. The topological polar surface area (TPSA) is 51.8 Å². The highest BCUT2D eigenvalue weighted by molar-refractivity contribution is 7.17. The van der Waals surface area contributed by atoms with Crippen LogP contribution in [0.15, 0.2) is 11.4 Å². The third kappa shape index (κ3) is 0.948. The smallest absolute Gasteiger partial charge is 0.164 e. The van der Waals surface area contributed by atoms with Gasteiger partial charge in [0.2, 0.25) is 0 Å². The molecule has 0 saturated carbocycles. The maximum Gasteiger partial charge on any atom is 0.164 e. The van der Waals surface area contributed by atoms with Crippen LogP contribution >= 0.6 is 22.9 Å². The fraction of sp³-hybridized carbons (Fsp3) is 0. The Morgan fingerprint density at radius 2 is 2.27 bits per heavy atom. The van der Waals surface area contributed by atoms with E-state index < -0.39 is 0 Å². The molecule has 0 aliphatic carbocycles. The minimum absolute atomic E-state index is 0.412. The fourth-order valence-corrected chi connectivity index (χ4v) is 1.91. The highest BCUT2D eigenvalue weighted by atomic mass is 35.5. The molecule has 0 spiro atoms. The van der Waals surface area contributed by atoms with Crippen molar-refractivity contribution in [3.8, 4) is 0 Å². The molecule has 11 heavy (non-hydrogen) atoms. The summed E-state index contributed by atoms with van der Waals surface area (Å²) < 4.78 is 0.907. The van der Waals surface area contributed by atoms with Crippen molar-refractivity contribution in [2.45, 2.75) is 0 Å². The van der Waals surface area contributed by atoms with Crippen LogP contribution in [-0.4, -0.2) is 10.2 Å². The molecule has 0 aliphatic heterocycles. The van der Waals surface area contributed by atoms with Gasteiger partial charge in [-0.3, -0.25) is 0 Å². The normalized spacial score (nSPS) is 10.6. The lowest BCUT2D eigenvalue weighted by molar-refractivity contribution is 1.06. The first kappa shape index (κ1) is 6.82. The summed E-state index contributed by atoms with van der Waals surface area (Å²) in [5, 5.41) is 10.6. The Morgan fingerprint density at radius 3 is 3.00 bits per heavy atom. The molecule has 2 aromatic rings. The van der Waals surface area contributed by atoms with Crippen LogP contribution in [0.4, 0.5) is 5.82 Å². The summed E-state index contributed by atoms with van der Waals surface area (Å²) in [6, 6.07) is 1.88. The Bertz CT molecular complexity index is 362. The van der Waals surface area contributed by atoms with E-state index in [1.807, 2.05) is 11.4 Å². The number of thiophene rings is 1. The molecule has 0 unspecified atom stereocenters. The third-order valence-corrected chi connectivity index (χ3v) is 2.58. The van der Waals surface area contributed by atoms with Gasteiger partial charge >= 0.3 is 0 Å². The zero-order valence-corrected chi connectivity index (χ0v) is 6.99. The molecule has 2 N–H and O–H groups in total. The number of hydrogen-bond acceptors (Lipinski definition) is 4. The molecule has 5 heteroatoms. The minimum Gasteiger partial charge on any atom is -0.381 e. The van der Waals surface area contributed by atoms with Gasteiger partial charge in [-0.1, -0.05) is 11.6 Å². The van der Waals surface area contributed by atoms with Crippen LogP contribution in [-0.2, 0) is 0 Å². The lowest BCUT2D eigenvalue weighted by Crippen LogP contribution is -1.92. The average molecular weight is 186 g/mol. The van der Waals surface area contributed by atoms with Gasteiger partial charge in [0, 0.05) is 5.39 Å². The quantitative estimate of drug-likeness (QED) is 0.683. The van der Waals surface area contributed by atoms with Gasteiger partial charge in [-0.15, -0.1) is 21.5 Å². The Kier molecular flexibility index (Phi) is 1.44. The van der Waals surface area contributed by atoms with E-state index in [0.29, 0.717) is 11.0 Å². The summed E-state index contributed by atoms with van der Waals surface area (Å²) >= 11 is 7.26. The number of anilines is 1. The highest BCUT2D eigenvalue weighted by Gasteiger charge is 2.04. The number of nitrogens with zero attached hydrogens (tertiary/aromatic N) is 2. The molecule has 2 aromatic heterocycles. The first-order chi connectivity index (χ1) is 5.29. The average Bonchev–Trinajstić information content (AvgIpc) is 2.45. The Balaban J connectivity index is 2.96. The molecule has 0 radical (unpaired) electrons. The molecule has 0 aromatic carbocycles. The SMILES string of the molecule is Nc1nnc(Cl)c2ccsc12. The van der Waals surface area contributed by atoms with Crippen LogP contribution < -0.4 is 5.73 Å². The third-order valence-electron chi connectivity index (χ3n) is 1.37. The van der Waals surface area contributed by atoms with Crippen LogP contribution in [0.25, 0.3) is 10.1 Å². The van der Waals surface area contributed by atoms with Gasteiger partial charge in [-0.25, -0.2) is 0 Å². The van der Waals surface area contributed by atoms with Crippen molar-refractivity contribution in [3.05, 3.63) is 16.6 Å². The van der Waals surface area contributed by atoms with Crippen molar-refractivity contribution in [2.24, 2.45) is 0 Å². The van der Waals surface area contributed by atoms with Gasteiger partial charge in [0.25, 0.3) is 0 Å². The van der Waals surface area contributed by atoms with Gasteiger partial charge < -0.3 is 5.73 Å². The molecule has 0 atom stereocenters. The number of aromatic nitrogens is 2. The van der Waals surface area contributed by atoms with Crippen LogP contribution in [0, 0.1) is 0 Å². The zero-order chi connectivity index (χ0) is 7.84. The second kappa shape index (κ2) is 2.32. The van der Waals surface area contributed by atoms with Gasteiger partial charge in [-0.05, 0) is 11.4 Å². The number of nitrogens with two attached hydrogens (primary N) is 1. The number of rotatable bonds is 0. The van der Waals surface area contributed by atoms with Crippen molar-refractivity contribution < 1.29 is 0 Å². The Hall–Kier alpha value is -0.870. The summed E-state index contributed by atoms with van der Waals surface area (Å²) in [6.07, 6.45) is 0. The van der Waals surface area contributed by atoms with Crippen molar-refractivity contribution in [1.29, 1.82) is 0 Å². The maximum atomic E-state index is 5.75. The van der Waals surface area contributed by atoms with Gasteiger partial charge in [0.1, 0.15) is 0 Å². The minimum atomic E-state index is 0.412. The molecule has 0 aliphatic rings. The van der Waals surface area contributed by atoms with Crippen LogP contribution in [0.3, 0.4) is 0 Å². The van der Waals surface area contributed by atoms with E-state index in [1.54, 1.807) is 0 Å². The summed E-state index contributed by atoms with van der Waals surface area (Å²) in [7, 11) is 0. The molecular weight excluding hydrogens is 182 g/mol. The number of hydrogen-bond donors (Lipinski definition) is 1. The van der Waals surface area contributed by atoms with Crippen molar-refractivity contribution in [1.82, 2.24) is 10.2 Å². The second-order valence-electron chi connectivity index (χ2n) is 2.04. The fourth-order valence-electron chi connectivity index (χ4n) is 0.867. The van der Waals surface area contributed by atoms with Crippen LogP contribution in [0.2, 0.25) is 5.15 Å². The lowest BCUT2D eigenvalue weighted by Gasteiger charge is -1.93. The molecule has 0 amide bonds. The molecule has 56 valence electrons. The molecule has 0 saturated heterocycles. The summed E-state index contributed by atoms with van der Waals surface area (Å²) in [5.41, 5.74) is 5.55. The summed E-state index contributed by atoms with van der Waals surface area (Å²) in [6.45, 7) is 0. The molecular formula is C6H4ClN3S. The van der Waals surface area contributed by atoms with Crippen LogP contribution in [0.1, 0.15) is 0 Å². The zero-order valence-electron chi connectivity index (χ0n) is 5.41. The molecule has 2 heterocycles. The van der Waals surface area contributed by atoms with Crippen molar-refractivity contribution in [2.75, 3.05) is 5.73 Å². The highest BCUT2D eigenvalue weighted by Crippen LogP contribution is 2.28. The predicted octanol–water partition coefficient (Wildman–Crippen LogP) is 1.93.